The molecule has 16 heavy (non-hydrogen) atoms. The number of carbonyl (C=O) groups is 1. The fourth-order valence-corrected chi connectivity index (χ4v) is 1.06. The molecule has 0 aliphatic rings. The molecule has 1 atom stereocenters. The van der Waals surface area contributed by atoms with E-state index in [1.807, 2.05) is 30.3 Å². The van der Waals surface area contributed by atoms with Crippen molar-refractivity contribution < 1.29 is 14.3 Å². The van der Waals surface area contributed by atoms with E-state index in [-0.39, 0.29) is 12.2 Å². The molecule has 1 rings (SSSR count). The molecule has 0 heterocycles. The number of rotatable bonds is 4. The number of ether oxygens (including phenoxy) is 1. The lowest BCUT2D eigenvalue weighted by Crippen LogP contribution is -2.33. The molecule has 0 radical (unpaired) electrons. The van der Waals surface area contributed by atoms with E-state index < -0.39 is 12.0 Å². The van der Waals surface area contributed by atoms with E-state index in [0.29, 0.717) is 0 Å². The molecule has 0 spiro atoms. The molecule has 0 bridgehead atoms. The molecule has 0 aromatic heterocycles. The Morgan fingerprint density at radius 2 is 2.06 bits per heavy atom. The summed E-state index contributed by atoms with van der Waals surface area (Å²) < 4.78 is 4.95. The van der Waals surface area contributed by atoms with Crippen LogP contribution in [0.3, 0.4) is 0 Å². The molecule has 0 aliphatic carbocycles. The van der Waals surface area contributed by atoms with Crippen molar-refractivity contribution in [3.63, 3.8) is 0 Å². The molecule has 1 unspecified atom stereocenters. The predicted octanol–water partition coefficient (Wildman–Crippen LogP) is 0.835. The maximum atomic E-state index is 11.4. The summed E-state index contributed by atoms with van der Waals surface area (Å²) in [6.07, 6.45) is 0. The SMILES string of the molecule is CC(=C=O)C(N)C(=O)OCc1ccccc1. The summed E-state index contributed by atoms with van der Waals surface area (Å²) in [5.74, 6) is 0.964. The van der Waals surface area contributed by atoms with E-state index in [9.17, 15) is 9.59 Å². The van der Waals surface area contributed by atoms with Crippen LogP contribution in [0.2, 0.25) is 0 Å². The summed E-state index contributed by atoms with van der Waals surface area (Å²) in [5.41, 5.74) is 6.47. The molecule has 4 heteroatoms. The zero-order valence-electron chi connectivity index (χ0n) is 8.97. The maximum absolute atomic E-state index is 11.4. The van der Waals surface area contributed by atoms with Gasteiger partial charge in [-0.2, -0.15) is 0 Å². The second-order valence-electron chi connectivity index (χ2n) is 3.36. The summed E-state index contributed by atoms with van der Waals surface area (Å²) >= 11 is 0. The van der Waals surface area contributed by atoms with Gasteiger partial charge in [0.25, 0.3) is 0 Å². The monoisotopic (exact) mass is 219 g/mol. The third-order valence-electron chi connectivity index (χ3n) is 2.11. The second-order valence-corrected chi connectivity index (χ2v) is 3.36. The van der Waals surface area contributed by atoms with Crippen LogP contribution in [0.5, 0.6) is 0 Å². The molecule has 0 saturated heterocycles. The fourth-order valence-electron chi connectivity index (χ4n) is 1.06. The van der Waals surface area contributed by atoms with Crippen LogP contribution in [0.4, 0.5) is 0 Å². The van der Waals surface area contributed by atoms with Crippen molar-refractivity contribution in [2.75, 3.05) is 0 Å². The normalized spacial score (nSPS) is 11.4. The molecule has 0 aliphatic heterocycles. The summed E-state index contributed by atoms with van der Waals surface area (Å²) in [6, 6.07) is 8.21. The van der Waals surface area contributed by atoms with Gasteiger partial charge in [0.2, 0.25) is 0 Å². The number of esters is 1. The zero-order chi connectivity index (χ0) is 12.0. The second kappa shape index (κ2) is 5.85. The largest absolute Gasteiger partial charge is 0.459 e. The summed E-state index contributed by atoms with van der Waals surface area (Å²) in [4.78, 5) is 21.6. The van der Waals surface area contributed by atoms with Crippen LogP contribution in [-0.4, -0.2) is 18.0 Å². The number of hydrogen-bond donors (Lipinski definition) is 1. The smallest absolute Gasteiger partial charge is 0.328 e. The molecule has 0 amide bonds. The van der Waals surface area contributed by atoms with Gasteiger partial charge in [0.05, 0.1) is 0 Å². The van der Waals surface area contributed by atoms with Gasteiger partial charge < -0.3 is 10.5 Å². The number of nitrogens with two attached hydrogens (primary N) is 1. The Labute approximate surface area is 93.7 Å². The van der Waals surface area contributed by atoms with E-state index in [2.05, 4.69) is 0 Å². The van der Waals surface area contributed by atoms with Crippen LogP contribution in [0.1, 0.15) is 12.5 Å². The average molecular weight is 219 g/mol. The fraction of sp³-hybridized carbons (Fsp3) is 0.250. The van der Waals surface area contributed by atoms with Crippen molar-refractivity contribution in [2.24, 2.45) is 5.73 Å². The number of carbonyl (C=O) groups excluding carboxylic acids is 2. The molecule has 1 aromatic carbocycles. The van der Waals surface area contributed by atoms with Crippen LogP contribution < -0.4 is 5.73 Å². The first-order chi connectivity index (χ1) is 7.65. The first kappa shape index (κ1) is 12.2. The van der Waals surface area contributed by atoms with Crippen molar-refractivity contribution >= 4 is 11.9 Å². The lowest BCUT2D eigenvalue weighted by atomic mass is 10.1. The van der Waals surface area contributed by atoms with Gasteiger partial charge in [0.1, 0.15) is 18.6 Å². The first-order valence-corrected chi connectivity index (χ1v) is 4.83. The third-order valence-corrected chi connectivity index (χ3v) is 2.11. The van der Waals surface area contributed by atoms with Crippen LogP contribution in [-0.2, 0) is 20.9 Å². The minimum atomic E-state index is -1.03. The van der Waals surface area contributed by atoms with Crippen molar-refractivity contribution in [1.82, 2.24) is 0 Å². The zero-order valence-corrected chi connectivity index (χ0v) is 8.97. The Balaban J connectivity index is 2.51. The molecule has 0 saturated carbocycles. The number of benzene rings is 1. The van der Waals surface area contributed by atoms with E-state index in [0.717, 1.165) is 5.56 Å². The van der Waals surface area contributed by atoms with Crippen LogP contribution in [0.25, 0.3) is 0 Å². The van der Waals surface area contributed by atoms with Gasteiger partial charge in [0, 0.05) is 5.57 Å². The molecule has 0 fully saturated rings. The van der Waals surface area contributed by atoms with E-state index in [1.165, 1.54) is 6.92 Å². The lowest BCUT2D eigenvalue weighted by Gasteiger charge is -2.09. The van der Waals surface area contributed by atoms with E-state index in [4.69, 9.17) is 10.5 Å². The van der Waals surface area contributed by atoms with Crippen molar-refractivity contribution in [3.05, 3.63) is 41.5 Å². The van der Waals surface area contributed by atoms with Gasteiger partial charge >= 0.3 is 5.97 Å². The van der Waals surface area contributed by atoms with Crippen molar-refractivity contribution in [1.29, 1.82) is 0 Å². The Bertz CT molecular complexity index is 408. The highest BCUT2D eigenvalue weighted by molar-refractivity contribution is 5.82. The average Bonchev–Trinajstić information content (AvgIpc) is 2.35. The Morgan fingerprint density at radius 1 is 1.44 bits per heavy atom. The van der Waals surface area contributed by atoms with Gasteiger partial charge in [-0.05, 0) is 12.5 Å². The minimum absolute atomic E-state index is 0.137. The molecule has 84 valence electrons. The quantitative estimate of drug-likeness (QED) is 0.601. The van der Waals surface area contributed by atoms with Gasteiger partial charge in [0.15, 0.2) is 0 Å². The highest BCUT2D eigenvalue weighted by Crippen LogP contribution is 2.03. The summed E-state index contributed by atoms with van der Waals surface area (Å²) in [5, 5.41) is 0. The Kier molecular flexibility index (Phi) is 4.45. The van der Waals surface area contributed by atoms with Crippen LogP contribution >= 0.6 is 0 Å². The first-order valence-electron chi connectivity index (χ1n) is 4.83. The maximum Gasteiger partial charge on any atom is 0.328 e. The Morgan fingerprint density at radius 3 is 2.62 bits per heavy atom. The van der Waals surface area contributed by atoms with Gasteiger partial charge in [-0.3, -0.25) is 0 Å². The van der Waals surface area contributed by atoms with Gasteiger partial charge in [-0.1, -0.05) is 30.3 Å². The van der Waals surface area contributed by atoms with E-state index >= 15 is 0 Å². The molecule has 4 nitrogen and oxygen atoms in total. The standard InChI is InChI=1S/C12H13NO3/c1-9(7-14)11(13)12(15)16-8-10-5-3-2-4-6-10/h2-6,11H,8,13H2,1H3. The van der Waals surface area contributed by atoms with Crippen LogP contribution in [0.15, 0.2) is 35.9 Å². The summed E-state index contributed by atoms with van der Waals surface area (Å²) in [7, 11) is 0. The number of hydrogen-bond acceptors (Lipinski definition) is 4. The minimum Gasteiger partial charge on any atom is -0.459 e. The molecule has 2 N–H and O–H groups in total. The van der Waals surface area contributed by atoms with Crippen molar-refractivity contribution in [2.45, 2.75) is 19.6 Å². The summed E-state index contributed by atoms with van der Waals surface area (Å²) in [6.45, 7) is 1.60. The van der Waals surface area contributed by atoms with Crippen molar-refractivity contribution in [3.8, 4) is 0 Å². The van der Waals surface area contributed by atoms with Crippen LogP contribution in [0, 0.1) is 0 Å². The highest BCUT2D eigenvalue weighted by Gasteiger charge is 2.17. The molecular formula is C12H13NO3. The third kappa shape index (κ3) is 3.35. The Hall–Kier alpha value is -1.90. The lowest BCUT2D eigenvalue weighted by molar-refractivity contribution is -0.145. The molecule has 1 aromatic rings. The predicted molar refractivity (Wildman–Crippen MR) is 59.1 cm³/mol. The van der Waals surface area contributed by atoms with Gasteiger partial charge in [-0.15, -0.1) is 0 Å². The molecular weight excluding hydrogens is 206 g/mol. The van der Waals surface area contributed by atoms with E-state index in [1.54, 1.807) is 5.94 Å². The highest BCUT2D eigenvalue weighted by atomic mass is 16.5. The topological polar surface area (TPSA) is 69.4 Å². The van der Waals surface area contributed by atoms with Gasteiger partial charge in [-0.25, -0.2) is 9.59 Å².